The van der Waals surface area contributed by atoms with Gasteiger partial charge in [0.05, 0.1) is 25.5 Å². The Kier molecular flexibility index (Phi) is 4.91. The monoisotopic (exact) mass is 387 g/mol. The van der Waals surface area contributed by atoms with Crippen LogP contribution >= 0.6 is 0 Å². The number of nitrogens with zero attached hydrogens (tertiary/aromatic N) is 2. The molecule has 0 aliphatic rings. The average Bonchev–Trinajstić information content (AvgIpc) is 3.16. The highest BCUT2D eigenvalue weighted by Gasteiger charge is 2.14. The number of imidazole rings is 1. The quantitative estimate of drug-likeness (QED) is 0.544. The molecule has 0 spiro atoms. The molecule has 4 rings (SSSR count). The second-order valence-electron chi connectivity index (χ2n) is 6.70. The molecule has 146 valence electrons. The Morgan fingerprint density at radius 1 is 1.03 bits per heavy atom. The SMILES string of the molecule is COc1ccc(C(=O)Nc2cccc(-c3cn4ccc(C)cc4n3)c2)c(OC)c1. The topological polar surface area (TPSA) is 64.9 Å². The maximum Gasteiger partial charge on any atom is 0.259 e. The molecule has 1 N–H and O–H groups in total. The number of aromatic nitrogens is 2. The van der Waals surface area contributed by atoms with Gasteiger partial charge in [0, 0.05) is 29.7 Å². The van der Waals surface area contributed by atoms with Crippen LogP contribution in [0.1, 0.15) is 15.9 Å². The van der Waals surface area contributed by atoms with E-state index in [9.17, 15) is 4.79 Å². The van der Waals surface area contributed by atoms with E-state index in [1.165, 1.54) is 7.11 Å². The first-order valence-corrected chi connectivity index (χ1v) is 9.16. The molecule has 0 radical (unpaired) electrons. The molecule has 29 heavy (non-hydrogen) atoms. The Hall–Kier alpha value is -3.80. The fourth-order valence-corrected chi connectivity index (χ4v) is 3.16. The summed E-state index contributed by atoms with van der Waals surface area (Å²) in [5, 5.41) is 2.93. The van der Waals surface area contributed by atoms with Crippen molar-refractivity contribution >= 4 is 17.2 Å². The van der Waals surface area contributed by atoms with E-state index in [4.69, 9.17) is 9.47 Å². The number of hydrogen-bond donors (Lipinski definition) is 1. The molecule has 6 nitrogen and oxygen atoms in total. The number of amides is 1. The molecule has 4 aromatic rings. The zero-order valence-electron chi connectivity index (χ0n) is 16.5. The van der Waals surface area contributed by atoms with Gasteiger partial charge >= 0.3 is 0 Å². The van der Waals surface area contributed by atoms with Crippen LogP contribution < -0.4 is 14.8 Å². The summed E-state index contributed by atoms with van der Waals surface area (Å²) in [5.41, 5.74) is 4.92. The highest BCUT2D eigenvalue weighted by Crippen LogP contribution is 2.27. The van der Waals surface area contributed by atoms with Gasteiger partial charge in [0.25, 0.3) is 5.91 Å². The van der Waals surface area contributed by atoms with Crippen LogP contribution in [0, 0.1) is 6.92 Å². The summed E-state index contributed by atoms with van der Waals surface area (Å²) in [6, 6.07) is 16.8. The summed E-state index contributed by atoms with van der Waals surface area (Å²) in [5.74, 6) is 0.823. The fourth-order valence-electron chi connectivity index (χ4n) is 3.16. The van der Waals surface area contributed by atoms with Crippen molar-refractivity contribution in [2.45, 2.75) is 6.92 Å². The molecule has 2 aromatic heterocycles. The molecule has 2 aromatic carbocycles. The van der Waals surface area contributed by atoms with E-state index in [1.54, 1.807) is 25.3 Å². The minimum Gasteiger partial charge on any atom is -0.497 e. The number of aryl methyl sites for hydroxylation is 1. The van der Waals surface area contributed by atoms with Crippen LogP contribution in [0.5, 0.6) is 11.5 Å². The number of anilines is 1. The standard InChI is InChI=1S/C23H21N3O3/c1-15-9-10-26-14-20(25-22(26)11-15)16-5-4-6-17(12-16)24-23(27)19-8-7-18(28-2)13-21(19)29-3/h4-14H,1-3H3,(H,24,27). The number of ether oxygens (including phenoxy) is 2. The zero-order chi connectivity index (χ0) is 20.4. The lowest BCUT2D eigenvalue weighted by atomic mass is 10.1. The van der Waals surface area contributed by atoms with Crippen molar-refractivity contribution < 1.29 is 14.3 Å². The average molecular weight is 387 g/mol. The van der Waals surface area contributed by atoms with Crippen molar-refractivity contribution in [3.8, 4) is 22.8 Å². The van der Waals surface area contributed by atoms with Gasteiger partial charge < -0.3 is 19.2 Å². The van der Waals surface area contributed by atoms with Crippen LogP contribution in [0.2, 0.25) is 0 Å². The third-order valence-electron chi connectivity index (χ3n) is 4.69. The number of fused-ring (bicyclic) bond motifs is 1. The summed E-state index contributed by atoms with van der Waals surface area (Å²) in [7, 11) is 3.10. The van der Waals surface area contributed by atoms with E-state index in [0.717, 1.165) is 22.5 Å². The first-order chi connectivity index (χ1) is 14.1. The van der Waals surface area contributed by atoms with Gasteiger partial charge in [-0.3, -0.25) is 4.79 Å². The molecule has 2 heterocycles. The minimum absolute atomic E-state index is 0.257. The second kappa shape index (κ2) is 7.67. The van der Waals surface area contributed by atoms with E-state index in [0.29, 0.717) is 22.7 Å². The smallest absolute Gasteiger partial charge is 0.259 e. The summed E-state index contributed by atoms with van der Waals surface area (Å²) < 4.78 is 12.5. The maximum atomic E-state index is 12.8. The number of nitrogens with one attached hydrogen (secondary N) is 1. The first kappa shape index (κ1) is 18.6. The van der Waals surface area contributed by atoms with E-state index in [-0.39, 0.29) is 5.91 Å². The predicted octanol–water partition coefficient (Wildman–Crippen LogP) is 4.58. The van der Waals surface area contributed by atoms with Crippen molar-refractivity contribution in [1.82, 2.24) is 9.38 Å². The summed E-state index contributed by atoms with van der Waals surface area (Å²) in [6.07, 6.45) is 3.96. The normalized spacial score (nSPS) is 10.7. The third-order valence-corrected chi connectivity index (χ3v) is 4.69. The van der Waals surface area contributed by atoms with E-state index >= 15 is 0 Å². The van der Waals surface area contributed by atoms with Crippen LogP contribution in [-0.4, -0.2) is 29.5 Å². The molecular formula is C23H21N3O3. The number of pyridine rings is 1. The van der Waals surface area contributed by atoms with Gasteiger partial charge in [-0.05, 0) is 48.9 Å². The number of rotatable bonds is 5. The van der Waals surface area contributed by atoms with Crippen molar-refractivity contribution in [1.29, 1.82) is 0 Å². The van der Waals surface area contributed by atoms with Crippen LogP contribution in [0.15, 0.2) is 67.0 Å². The lowest BCUT2D eigenvalue weighted by molar-refractivity contribution is 0.102. The Morgan fingerprint density at radius 2 is 1.90 bits per heavy atom. The molecule has 0 fully saturated rings. The fraction of sp³-hybridized carbons (Fsp3) is 0.130. The van der Waals surface area contributed by atoms with Crippen molar-refractivity contribution in [2.75, 3.05) is 19.5 Å². The molecular weight excluding hydrogens is 366 g/mol. The van der Waals surface area contributed by atoms with Crippen molar-refractivity contribution in [3.63, 3.8) is 0 Å². The van der Waals surface area contributed by atoms with E-state index < -0.39 is 0 Å². The van der Waals surface area contributed by atoms with Gasteiger partial charge in [0.15, 0.2) is 0 Å². The van der Waals surface area contributed by atoms with Crippen LogP contribution in [-0.2, 0) is 0 Å². The van der Waals surface area contributed by atoms with E-state index in [2.05, 4.69) is 10.3 Å². The Labute approximate surface area is 168 Å². The molecule has 0 saturated carbocycles. The van der Waals surface area contributed by atoms with Crippen LogP contribution in [0.4, 0.5) is 5.69 Å². The molecule has 0 saturated heterocycles. The minimum atomic E-state index is -0.257. The largest absolute Gasteiger partial charge is 0.497 e. The number of methoxy groups -OCH3 is 2. The summed E-state index contributed by atoms with van der Waals surface area (Å²) in [6.45, 7) is 2.04. The lowest BCUT2D eigenvalue weighted by Gasteiger charge is -2.11. The lowest BCUT2D eigenvalue weighted by Crippen LogP contribution is -2.13. The molecule has 6 heteroatoms. The van der Waals surface area contributed by atoms with Gasteiger partial charge in [0.1, 0.15) is 17.1 Å². The Balaban J connectivity index is 1.61. The predicted molar refractivity (Wildman–Crippen MR) is 113 cm³/mol. The number of hydrogen-bond acceptors (Lipinski definition) is 4. The Morgan fingerprint density at radius 3 is 2.69 bits per heavy atom. The van der Waals surface area contributed by atoms with E-state index in [1.807, 2.05) is 60.1 Å². The van der Waals surface area contributed by atoms with Gasteiger partial charge in [-0.2, -0.15) is 0 Å². The first-order valence-electron chi connectivity index (χ1n) is 9.16. The molecule has 0 bridgehead atoms. The van der Waals surface area contributed by atoms with Gasteiger partial charge in [-0.15, -0.1) is 0 Å². The van der Waals surface area contributed by atoms with Gasteiger partial charge in [0.2, 0.25) is 0 Å². The molecule has 0 atom stereocenters. The highest BCUT2D eigenvalue weighted by atomic mass is 16.5. The van der Waals surface area contributed by atoms with Crippen molar-refractivity contribution in [2.24, 2.45) is 0 Å². The number of carbonyl (C=O) groups excluding carboxylic acids is 1. The summed E-state index contributed by atoms with van der Waals surface area (Å²) in [4.78, 5) is 17.5. The molecule has 1 amide bonds. The molecule has 0 aliphatic carbocycles. The van der Waals surface area contributed by atoms with Crippen LogP contribution in [0.25, 0.3) is 16.9 Å². The van der Waals surface area contributed by atoms with Crippen LogP contribution in [0.3, 0.4) is 0 Å². The second-order valence-corrected chi connectivity index (χ2v) is 6.70. The Bertz CT molecular complexity index is 1200. The van der Waals surface area contributed by atoms with Gasteiger partial charge in [-0.1, -0.05) is 12.1 Å². The number of carbonyl (C=O) groups is 1. The highest BCUT2D eigenvalue weighted by molar-refractivity contribution is 6.06. The molecule has 0 unspecified atom stereocenters. The number of benzene rings is 2. The van der Waals surface area contributed by atoms with Crippen molar-refractivity contribution in [3.05, 3.63) is 78.1 Å². The zero-order valence-corrected chi connectivity index (χ0v) is 16.5. The maximum absolute atomic E-state index is 12.8. The molecule has 0 aliphatic heterocycles. The third kappa shape index (κ3) is 3.78. The van der Waals surface area contributed by atoms with Gasteiger partial charge in [-0.25, -0.2) is 4.98 Å². The summed E-state index contributed by atoms with van der Waals surface area (Å²) >= 11 is 0.